The predicted octanol–water partition coefficient (Wildman–Crippen LogP) is -1.15. The summed E-state index contributed by atoms with van der Waals surface area (Å²) in [5, 5.41) is 5.40. The van der Waals surface area contributed by atoms with Crippen LogP contribution in [0.25, 0.3) is 0 Å². The van der Waals surface area contributed by atoms with Crippen molar-refractivity contribution in [2.24, 2.45) is 14.1 Å². The van der Waals surface area contributed by atoms with Crippen molar-refractivity contribution < 1.29 is 27.5 Å². The molecule has 1 aliphatic rings. The predicted molar refractivity (Wildman–Crippen MR) is 129 cm³/mol. The van der Waals surface area contributed by atoms with Gasteiger partial charge >= 0.3 is 5.69 Å². The van der Waals surface area contributed by atoms with E-state index < -0.39 is 38.1 Å². The highest BCUT2D eigenvalue weighted by atomic mass is 32.2. The average Bonchev–Trinajstić information content (AvgIpc) is 2.85. The van der Waals surface area contributed by atoms with Crippen molar-refractivity contribution in [3.05, 3.63) is 50.8 Å². The SMILES string of the molecule is COc1ccc2c(c1)OCCNC(=O)[C@@H](NS(=O)(=O)c1cn(C)c(=O)n(C)c1=O)CCCCNC2=O. The van der Waals surface area contributed by atoms with E-state index in [1.807, 2.05) is 0 Å². The summed E-state index contributed by atoms with van der Waals surface area (Å²) in [4.78, 5) is 49.1. The molecule has 0 saturated carbocycles. The van der Waals surface area contributed by atoms with Crippen LogP contribution in [-0.4, -0.2) is 62.2 Å². The van der Waals surface area contributed by atoms with E-state index >= 15 is 0 Å². The number of hydrogen-bond donors (Lipinski definition) is 3. The van der Waals surface area contributed by atoms with Gasteiger partial charge in [-0.2, -0.15) is 4.72 Å². The Morgan fingerprint density at radius 1 is 1.08 bits per heavy atom. The minimum atomic E-state index is -4.44. The molecular formula is C22H29N5O8S. The lowest BCUT2D eigenvalue weighted by atomic mass is 10.1. The molecule has 3 N–H and O–H groups in total. The summed E-state index contributed by atoms with van der Waals surface area (Å²) in [5.41, 5.74) is -1.36. The van der Waals surface area contributed by atoms with Crippen LogP contribution < -0.4 is 36.1 Å². The van der Waals surface area contributed by atoms with Crippen LogP contribution in [0.5, 0.6) is 11.5 Å². The van der Waals surface area contributed by atoms with Gasteiger partial charge < -0.3 is 24.7 Å². The zero-order valence-corrected chi connectivity index (χ0v) is 21.0. The van der Waals surface area contributed by atoms with Crippen LogP contribution in [0, 0.1) is 0 Å². The van der Waals surface area contributed by atoms with Gasteiger partial charge in [-0.3, -0.25) is 19.0 Å². The van der Waals surface area contributed by atoms with E-state index in [1.54, 1.807) is 18.2 Å². The highest BCUT2D eigenvalue weighted by Gasteiger charge is 2.28. The molecule has 3 rings (SSSR count). The number of nitrogens with one attached hydrogen (secondary N) is 3. The standard InChI is InChI=1S/C22H29N5O8S/c1-26-13-18(21(30)27(2)22(26)31)36(32,33)25-16-6-4-5-9-23-19(28)15-8-7-14(34-3)12-17(15)35-11-10-24-20(16)29/h7-8,12-13,16,25H,4-6,9-11H2,1-3H3,(H,23,28)(H,24,29)/t16-/m0/s1. The maximum absolute atomic E-state index is 13.0. The van der Waals surface area contributed by atoms with Gasteiger partial charge in [-0.25, -0.2) is 13.2 Å². The Hall–Kier alpha value is -3.65. The van der Waals surface area contributed by atoms with Gasteiger partial charge in [-0.1, -0.05) is 0 Å². The topological polar surface area (TPSA) is 167 Å². The summed E-state index contributed by atoms with van der Waals surface area (Å²) in [7, 11) is -0.473. The van der Waals surface area contributed by atoms with Gasteiger partial charge in [0.25, 0.3) is 11.5 Å². The van der Waals surface area contributed by atoms with Crippen LogP contribution in [0.2, 0.25) is 0 Å². The monoisotopic (exact) mass is 523 g/mol. The zero-order chi connectivity index (χ0) is 26.5. The first-order chi connectivity index (χ1) is 17.0. The number of aromatic nitrogens is 2. The number of aryl methyl sites for hydroxylation is 1. The van der Waals surface area contributed by atoms with Crippen LogP contribution in [0.3, 0.4) is 0 Å². The van der Waals surface area contributed by atoms with E-state index in [1.165, 1.54) is 21.2 Å². The molecule has 0 aliphatic carbocycles. The second-order valence-electron chi connectivity index (χ2n) is 8.18. The lowest BCUT2D eigenvalue weighted by molar-refractivity contribution is -0.123. The Balaban J connectivity index is 1.80. The number of nitrogens with zero attached hydrogens (tertiary/aromatic N) is 2. The number of carbonyl (C=O) groups is 2. The van der Waals surface area contributed by atoms with Crippen molar-refractivity contribution in [3.8, 4) is 11.5 Å². The van der Waals surface area contributed by atoms with E-state index in [0.717, 1.165) is 10.8 Å². The number of sulfonamides is 1. The van der Waals surface area contributed by atoms with Crippen molar-refractivity contribution in [1.82, 2.24) is 24.5 Å². The Bertz CT molecular complexity index is 1370. The summed E-state index contributed by atoms with van der Waals surface area (Å²) in [6.07, 6.45) is 1.90. The molecule has 1 aliphatic heterocycles. The average molecular weight is 524 g/mol. The van der Waals surface area contributed by atoms with Crippen LogP contribution in [0.4, 0.5) is 0 Å². The lowest BCUT2D eigenvalue weighted by Gasteiger charge is -2.20. The molecule has 0 bridgehead atoms. The van der Waals surface area contributed by atoms with Gasteiger partial charge in [-0.05, 0) is 31.4 Å². The van der Waals surface area contributed by atoms with Crippen molar-refractivity contribution in [1.29, 1.82) is 0 Å². The fourth-order valence-corrected chi connectivity index (χ4v) is 5.01. The first-order valence-electron chi connectivity index (χ1n) is 11.2. The van der Waals surface area contributed by atoms with Crippen molar-refractivity contribution in [3.63, 3.8) is 0 Å². The number of rotatable bonds is 4. The van der Waals surface area contributed by atoms with Crippen molar-refractivity contribution in [2.75, 3.05) is 26.8 Å². The maximum atomic E-state index is 13.0. The molecule has 14 heteroatoms. The number of methoxy groups -OCH3 is 1. The molecule has 0 saturated heterocycles. The Kier molecular flexibility index (Phi) is 8.53. The van der Waals surface area contributed by atoms with E-state index in [9.17, 15) is 27.6 Å². The fraction of sp³-hybridized carbons (Fsp3) is 0.455. The third-order valence-corrected chi connectivity index (χ3v) is 7.07. The molecule has 2 heterocycles. The third kappa shape index (κ3) is 6.12. The van der Waals surface area contributed by atoms with Gasteiger partial charge in [0.1, 0.15) is 24.1 Å². The van der Waals surface area contributed by atoms with Gasteiger partial charge in [0.2, 0.25) is 15.9 Å². The molecule has 13 nitrogen and oxygen atoms in total. The largest absolute Gasteiger partial charge is 0.497 e. The molecule has 36 heavy (non-hydrogen) atoms. The number of fused-ring (bicyclic) bond motifs is 1. The highest BCUT2D eigenvalue weighted by Crippen LogP contribution is 2.25. The summed E-state index contributed by atoms with van der Waals surface area (Å²) in [5.74, 6) is -0.168. The lowest BCUT2D eigenvalue weighted by Crippen LogP contribution is -2.49. The van der Waals surface area contributed by atoms with Crippen molar-refractivity contribution in [2.45, 2.75) is 30.2 Å². The van der Waals surface area contributed by atoms with E-state index in [4.69, 9.17) is 9.47 Å². The number of amides is 2. The first-order valence-corrected chi connectivity index (χ1v) is 12.7. The minimum absolute atomic E-state index is 0.00000266. The van der Waals surface area contributed by atoms with Gasteiger partial charge in [0.15, 0.2) is 4.90 Å². The Morgan fingerprint density at radius 2 is 1.83 bits per heavy atom. The van der Waals surface area contributed by atoms with E-state index in [2.05, 4.69) is 15.4 Å². The molecule has 1 aromatic heterocycles. The molecule has 2 aromatic rings. The molecule has 1 atom stereocenters. The smallest absolute Gasteiger partial charge is 0.330 e. The van der Waals surface area contributed by atoms with Gasteiger partial charge in [0.05, 0.1) is 19.2 Å². The molecule has 0 spiro atoms. The number of ether oxygens (including phenoxy) is 2. The molecule has 0 unspecified atom stereocenters. The minimum Gasteiger partial charge on any atom is -0.497 e. The van der Waals surface area contributed by atoms with Crippen LogP contribution >= 0.6 is 0 Å². The van der Waals surface area contributed by atoms with Gasteiger partial charge in [-0.15, -0.1) is 0 Å². The fourth-order valence-electron chi connectivity index (χ4n) is 3.62. The number of carbonyl (C=O) groups excluding carboxylic acids is 2. The number of benzene rings is 1. The Labute approximate surface area is 207 Å². The summed E-state index contributed by atoms with van der Waals surface area (Å²) >= 11 is 0. The van der Waals surface area contributed by atoms with E-state index in [0.29, 0.717) is 28.7 Å². The second kappa shape index (κ2) is 11.4. The quantitative estimate of drug-likeness (QED) is 0.452. The first kappa shape index (κ1) is 26.9. The van der Waals surface area contributed by atoms with Crippen molar-refractivity contribution >= 4 is 21.8 Å². The zero-order valence-electron chi connectivity index (χ0n) is 20.2. The second-order valence-corrected chi connectivity index (χ2v) is 9.86. The third-order valence-electron chi connectivity index (χ3n) is 5.62. The van der Waals surface area contributed by atoms with Crippen LogP contribution in [-0.2, 0) is 28.9 Å². The molecule has 0 fully saturated rings. The highest BCUT2D eigenvalue weighted by molar-refractivity contribution is 7.89. The normalized spacial score (nSPS) is 17.7. The Morgan fingerprint density at radius 3 is 2.56 bits per heavy atom. The molecule has 2 amide bonds. The summed E-state index contributed by atoms with van der Waals surface area (Å²) in [6.45, 7) is 0.309. The molecule has 1 aromatic carbocycles. The number of hydrogen-bond acceptors (Lipinski definition) is 8. The van der Waals surface area contributed by atoms with Crippen LogP contribution in [0.1, 0.15) is 29.6 Å². The summed E-state index contributed by atoms with van der Waals surface area (Å²) < 4.78 is 40.8. The molecule has 196 valence electrons. The maximum Gasteiger partial charge on any atom is 0.330 e. The van der Waals surface area contributed by atoms with E-state index in [-0.39, 0.29) is 37.8 Å². The molecule has 0 radical (unpaired) electrons. The summed E-state index contributed by atoms with van der Waals surface area (Å²) in [6, 6.07) is 3.60. The molecular weight excluding hydrogens is 494 g/mol. The van der Waals surface area contributed by atoms with Gasteiger partial charge in [0, 0.05) is 32.9 Å². The van der Waals surface area contributed by atoms with Crippen LogP contribution in [0.15, 0.2) is 38.9 Å².